The summed E-state index contributed by atoms with van der Waals surface area (Å²) in [6, 6.07) is 0.406. The molecule has 1 aliphatic rings. The molecule has 0 radical (unpaired) electrons. The molecule has 2 rings (SSSR count). The van der Waals surface area contributed by atoms with Gasteiger partial charge >= 0.3 is 0 Å². The van der Waals surface area contributed by atoms with Gasteiger partial charge in [-0.15, -0.1) is 0 Å². The number of hydrogen-bond acceptors (Lipinski definition) is 4. The monoisotopic (exact) mass is 334 g/mol. The van der Waals surface area contributed by atoms with Crippen molar-refractivity contribution in [2.24, 2.45) is 13.0 Å². The minimum Gasteiger partial charge on any atom is -0.314 e. The van der Waals surface area contributed by atoms with Crippen molar-refractivity contribution in [2.45, 2.75) is 37.8 Å². The predicted octanol–water partition coefficient (Wildman–Crippen LogP) is 1.47. The lowest BCUT2D eigenvalue weighted by molar-refractivity contribution is 0.255. The Balaban J connectivity index is 2.13. The topological polar surface area (TPSA) is 67.2 Å². The van der Waals surface area contributed by atoms with E-state index in [4.69, 9.17) is 11.6 Å². The summed E-state index contributed by atoms with van der Waals surface area (Å²) >= 11 is 5.99. The Morgan fingerprint density at radius 3 is 2.81 bits per heavy atom. The highest BCUT2D eigenvalue weighted by atomic mass is 35.5. The molecule has 0 aliphatic carbocycles. The largest absolute Gasteiger partial charge is 0.314 e. The molecule has 8 heteroatoms. The molecule has 0 amide bonds. The molecule has 1 atom stereocenters. The molecule has 6 nitrogen and oxygen atoms in total. The van der Waals surface area contributed by atoms with Gasteiger partial charge in [-0.2, -0.15) is 9.40 Å². The maximum absolute atomic E-state index is 12.7. The minimum absolute atomic E-state index is 0.0848. The molecule has 1 saturated heterocycles. The molecule has 0 spiro atoms. The van der Waals surface area contributed by atoms with Gasteiger partial charge in [-0.3, -0.25) is 4.68 Å². The van der Waals surface area contributed by atoms with Crippen LogP contribution in [0.25, 0.3) is 0 Å². The quantitative estimate of drug-likeness (QED) is 0.885. The van der Waals surface area contributed by atoms with E-state index < -0.39 is 10.0 Å². The van der Waals surface area contributed by atoms with Crippen molar-refractivity contribution < 1.29 is 8.42 Å². The van der Waals surface area contributed by atoms with Gasteiger partial charge in [0, 0.05) is 26.2 Å². The molecule has 0 aromatic carbocycles. The van der Waals surface area contributed by atoms with Crippen LogP contribution in [0.1, 0.15) is 26.7 Å². The van der Waals surface area contributed by atoms with Crippen LogP contribution in [-0.2, 0) is 17.1 Å². The van der Waals surface area contributed by atoms with Crippen LogP contribution >= 0.6 is 11.6 Å². The normalized spacial score (nSPS) is 21.1. The number of sulfonamides is 1. The predicted molar refractivity (Wildman–Crippen MR) is 82.8 cm³/mol. The number of aryl methyl sites for hydroxylation is 1. The first-order valence-electron chi connectivity index (χ1n) is 7.23. The van der Waals surface area contributed by atoms with Crippen molar-refractivity contribution in [3.63, 3.8) is 0 Å². The van der Waals surface area contributed by atoms with Crippen LogP contribution in [0, 0.1) is 5.92 Å². The van der Waals surface area contributed by atoms with Gasteiger partial charge in [-0.05, 0) is 25.3 Å². The van der Waals surface area contributed by atoms with Crippen molar-refractivity contribution in [3.05, 3.63) is 11.2 Å². The van der Waals surface area contributed by atoms with Gasteiger partial charge in [0.15, 0.2) is 5.03 Å². The molecule has 1 N–H and O–H groups in total. The number of rotatable bonds is 5. The highest BCUT2D eigenvalue weighted by molar-refractivity contribution is 7.89. The summed E-state index contributed by atoms with van der Waals surface area (Å²) in [5.41, 5.74) is 0. The van der Waals surface area contributed by atoms with Crippen molar-refractivity contribution in [3.8, 4) is 0 Å². The highest BCUT2D eigenvalue weighted by Gasteiger charge is 2.33. The fourth-order valence-corrected chi connectivity index (χ4v) is 4.79. The van der Waals surface area contributed by atoms with E-state index in [1.54, 1.807) is 7.05 Å². The lowest BCUT2D eigenvalue weighted by Crippen LogP contribution is -2.44. The first-order chi connectivity index (χ1) is 9.82. The van der Waals surface area contributed by atoms with Crippen LogP contribution < -0.4 is 5.32 Å². The summed E-state index contributed by atoms with van der Waals surface area (Å²) in [6.45, 7) is 6.09. The number of halogens is 1. The molecular weight excluding hydrogens is 312 g/mol. The van der Waals surface area contributed by atoms with Crippen molar-refractivity contribution in [1.82, 2.24) is 19.4 Å². The summed E-state index contributed by atoms with van der Waals surface area (Å²) in [4.78, 5) is 0. The van der Waals surface area contributed by atoms with Crippen LogP contribution in [0.2, 0.25) is 5.02 Å². The van der Waals surface area contributed by atoms with E-state index >= 15 is 0 Å². The van der Waals surface area contributed by atoms with Crippen molar-refractivity contribution in [2.75, 3.05) is 19.6 Å². The molecule has 0 saturated carbocycles. The van der Waals surface area contributed by atoms with E-state index in [0.717, 1.165) is 19.4 Å². The summed E-state index contributed by atoms with van der Waals surface area (Å²) in [6.07, 6.45) is 3.29. The molecule has 1 fully saturated rings. The standard InChI is InChI=1S/C13H23ClN4O2S/c1-10(2)15-7-11-5-4-6-18(9-11)21(19,20)13-12(14)8-16-17(13)3/h8,10-11,15H,4-7,9H2,1-3H3. The average molecular weight is 335 g/mol. The van der Waals surface area contributed by atoms with E-state index in [-0.39, 0.29) is 10.0 Å². The van der Waals surface area contributed by atoms with Crippen LogP contribution in [0.3, 0.4) is 0 Å². The number of hydrogen-bond donors (Lipinski definition) is 1. The highest BCUT2D eigenvalue weighted by Crippen LogP contribution is 2.27. The zero-order valence-corrected chi connectivity index (χ0v) is 14.3. The summed E-state index contributed by atoms with van der Waals surface area (Å²) in [7, 11) is -1.98. The third kappa shape index (κ3) is 3.77. The van der Waals surface area contributed by atoms with Gasteiger partial charge < -0.3 is 5.32 Å². The fraction of sp³-hybridized carbons (Fsp3) is 0.769. The smallest absolute Gasteiger partial charge is 0.261 e. The third-order valence-corrected chi connectivity index (χ3v) is 6.10. The second-order valence-corrected chi connectivity index (χ2v) is 8.12. The Bertz CT molecular complexity index is 565. The molecule has 0 bridgehead atoms. The van der Waals surface area contributed by atoms with E-state index in [0.29, 0.717) is 25.0 Å². The maximum Gasteiger partial charge on any atom is 0.261 e. The zero-order chi connectivity index (χ0) is 15.6. The Hall–Kier alpha value is -0.630. The maximum atomic E-state index is 12.7. The summed E-state index contributed by atoms with van der Waals surface area (Å²) < 4.78 is 28.3. The Labute approximate surface area is 131 Å². The Morgan fingerprint density at radius 2 is 2.24 bits per heavy atom. The second-order valence-electron chi connectivity index (χ2n) is 5.86. The molecule has 2 heterocycles. The zero-order valence-electron chi connectivity index (χ0n) is 12.7. The van der Waals surface area contributed by atoms with Crippen LogP contribution in [0.15, 0.2) is 11.2 Å². The van der Waals surface area contributed by atoms with E-state index in [1.807, 2.05) is 0 Å². The summed E-state index contributed by atoms with van der Waals surface area (Å²) in [5.74, 6) is 0.336. The second kappa shape index (κ2) is 6.64. The van der Waals surface area contributed by atoms with Crippen LogP contribution in [-0.4, -0.2) is 48.2 Å². The first-order valence-corrected chi connectivity index (χ1v) is 9.05. The van der Waals surface area contributed by atoms with Gasteiger partial charge in [-0.25, -0.2) is 8.42 Å². The Kier molecular flexibility index (Phi) is 5.29. The van der Waals surface area contributed by atoms with Crippen LogP contribution in [0.5, 0.6) is 0 Å². The molecule has 1 aromatic heterocycles. The van der Waals surface area contributed by atoms with Gasteiger partial charge in [0.1, 0.15) is 0 Å². The van der Waals surface area contributed by atoms with Crippen LogP contribution in [0.4, 0.5) is 0 Å². The average Bonchev–Trinajstić information content (AvgIpc) is 2.76. The molecule has 21 heavy (non-hydrogen) atoms. The molecule has 120 valence electrons. The van der Waals surface area contributed by atoms with Gasteiger partial charge in [0.05, 0.1) is 11.2 Å². The number of piperidine rings is 1. The third-order valence-electron chi connectivity index (χ3n) is 3.72. The minimum atomic E-state index is -3.58. The summed E-state index contributed by atoms with van der Waals surface area (Å²) in [5, 5.41) is 7.57. The van der Waals surface area contributed by atoms with E-state index in [9.17, 15) is 8.42 Å². The van der Waals surface area contributed by atoms with Crippen molar-refractivity contribution in [1.29, 1.82) is 0 Å². The van der Waals surface area contributed by atoms with Gasteiger partial charge in [0.2, 0.25) is 0 Å². The Morgan fingerprint density at radius 1 is 1.52 bits per heavy atom. The van der Waals surface area contributed by atoms with Crippen molar-refractivity contribution >= 4 is 21.6 Å². The van der Waals surface area contributed by atoms with Gasteiger partial charge in [0.25, 0.3) is 10.0 Å². The number of aromatic nitrogens is 2. The molecule has 1 unspecified atom stereocenters. The number of nitrogens with one attached hydrogen (secondary N) is 1. The molecule has 1 aliphatic heterocycles. The lowest BCUT2D eigenvalue weighted by Gasteiger charge is -2.32. The van der Waals surface area contributed by atoms with Gasteiger partial charge in [-0.1, -0.05) is 25.4 Å². The number of nitrogens with zero attached hydrogens (tertiary/aromatic N) is 3. The SMILES string of the molecule is CC(C)NCC1CCCN(S(=O)(=O)c2c(Cl)cnn2C)C1. The molecule has 1 aromatic rings. The van der Waals surface area contributed by atoms with E-state index in [1.165, 1.54) is 15.2 Å². The fourth-order valence-electron chi connectivity index (χ4n) is 2.63. The first kappa shape index (κ1) is 16.7. The lowest BCUT2D eigenvalue weighted by atomic mass is 9.99. The van der Waals surface area contributed by atoms with E-state index in [2.05, 4.69) is 24.3 Å². The molecular formula is C13H23ClN4O2S.